The van der Waals surface area contributed by atoms with Gasteiger partial charge in [-0.25, -0.2) is 0 Å². The van der Waals surface area contributed by atoms with Crippen LogP contribution in [0.15, 0.2) is 24.3 Å². The first-order valence-corrected chi connectivity index (χ1v) is 7.95. The molecular formula is C16H22ClN5O2. The van der Waals surface area contributed by atoms with Crippen LogP contribution >= 0.6 is 12.4 Å². The summed E-state index contributed by atoms with van der Waals surface area (Å²) in [5.74, 6) is -0.321. The van der Waals surface area contributed by atoms with Gasteiger partial charge in [0.15, 0.2) is 5.69 Å². The highest BCUT2D eigenvalue weighted by atomic mass is 35.5. The number of halogens is 1. The summed E-state index contributed by atoms with van der Waals surface area (Å²) in [5, 5.41) is 16.6. The first-order valence-electron chi connectivity index (χ1n) is 7.95. The highest BCUT2D eigenvalue weighted by Gasteiger charge is 2.16. The highest BCUT2D eigenvalue weighted by molar-refractivity contribution is 6.04. The number of H-pyrrole nitrogens is 1. The number of fused-ring (bicyclic) bond motifs is 1. The van der Waals surface area contributed by atoms with Crippen molar-refractivity contribution in [1.29, 1.82) is 0 Å². The zero-order valence-electron chi connectivity index (χ0n) is 13.3. The Kier molecular flexibility index (Phi) is 6.57. The number of aromatic amines is 1. The van der Waals surface area contributed by atoms with Crippen LogP contribution in [0.1, 0.15) is 29.8 Å². The van der Waals surface area contributed by atoms with Crippen molar-refractivity contribution in [3.8, 4) is 0 Å². The van der Waals surface area contributed by atoms with Gasteiger partial charge >= 0.3 is 0 Å². The average molecular weight is 352 g/mol. The lowest BCUT2D eigenvalue weighted by Gasteiger charge is -2.11. The third-order valence-electron chi connectivity index (χ3n) is 4.03. The van der Waals surface area contributed by atoms with E-state index < -0.39 is 0 Å². The number of para-hydroxylation sites is 1. The van der Waals surface area contributed by atoms with Crippen molar-refractivity contribution in [2.24, 2.45) is 0 Å². The Balaban J connectivity index is 0.00000208. The summed E-state index contributed by atoms with van der Waals surface area (Å²) < 4.78 is 0. The molecule has 0 radical (unpaired) electrons. The van der Waals surface area contributed by atoms with Gasteiger partial charge in [-0.2, -0.15) is 5.10 Å². The third-order valence-corrected chi connectivity index (χ3v) is 4.03. The molecule has 2 heterocycles. The molecule has 1 saturated heterocycles. The summed E-state index contributed by atoms with van der Waals surface area (Å²) in [6.07, 6.45) is 2.53. The topological polar surface area (TPSA) is 98.9 Å². The molecule has 1 aromatic carbocycles. The summed E-state index contributed by atoms with van der Waals surface area (Å²) in [4.78, 5) is 23.9. The minimum atomic E-state index is -0.271. The van der Waals surface area contributed by atoms with Crippen LogP contribution < -0.4 is 16.0 Å². The standard InChI is InChI=1S/C16H21N5O2.ClH/c22-14(19-10-11-4-3-8-17-11)7-9-18-16(23)15-12-5-1-2-6-13(12)20-21-15;/h1-2,5-6,11,17H,3-4,7-10H2,(H,18,23)(H,19,22)(H,20,21);1H. The number of nitrogens with zero attached hydrogens (tertiary/aromatic N) is 1. The predicted octanol–water partition coefficient (Wildman–Crippen LogP) is 0.973. The Morgan fingerprint density at radius 1 is 1.25 bits per heavy atom. The first kappa shape index (κ1) is 18.2. The van der Waals surface area contributed by atoms with Gasteiger partial charge in [0.2, 0.25) is 5.91 Å². The van der Waals surface area contributed by atoms with Crippen LogP contribution in [0.3, 0.4) is 0 Å². The van der Waals surface area contributed by atoms with E-state index in [1.54, 1.807) is 0 Å². The number of amides is 2. The van der Waals surface area contributed by atoms with E-state index in [9.17, 15) is 9.59 Å². The monoisotopic (exact) mass is 351 g/mol. The SMILES string of the molecule is Cl.O=C(CCNC(=O)c1n[nH]c2ccccc12)NCC1CCCN1. The fraction of sp³-hybridized carbons (Fsp3) is 0.438. The Labute approximate surface area is 146 Å². The molecule has 7 nitrogen and oxygen atoms in total. The molecule has 0 saturated carbocycles. The number of hydrogen-bond donors (Lipinski definition) is 4. The van der Waals surface area contributed by atoms with E-state index in [1.165, 1.54) is 0 Å². The Morgan fingerprint density at radius 3 is 2.88 bits per heavy atom. The van der Waals surface area contributed by atoms with Crippen LogP contribution in [-0.2, 0) is 4.79 Å². The lowest BCUT2D eigenvalue weighted by molar-refractivity contribution is -0.121. The summed E-state index contributed by atoms with van der Waals surface area (Å²) in [6, 6.07) is 7.83. The van der Waals surface area contributed by atoms with E-state index in [-0.39, 0.29) is 30.6 Å². The molecular weight excluding hydrogens is 330 g/mol. The molecule has 3 rings (SSSR count). The van der Waals surface area contributed by atoms with Crippen molar-refractivity contribution in [2.45, 2.75) is 25.3 Å². The van der Waals surface area contributed by atoms with E-state index in [2.05, 4.69) is 26.1 Å². The largest absolute Gasteiger partial charge is 0.354 e. The van der Waals surface area contributed by atoms with Crippen LogP contribution in [0.2, 0.25) is 0 Å². The third kappa shape index (κ3) is 4.46. The molecule has 0 aliphatic carbocycles. The summed E-state index contributed by atoms with van der Waals surface area (Å²) in [6.45, 7) is 1.97. The fourth-order valence-electron chi connectivity index (χ4n) is 2.77. The summed E-state index contributed by atoms with van der Waals surface area (Å²) in [7, 11) is 0. The van der Waals surface area contributed by atoms with Crippen molar-refractivity contribution in [2.75, 3.05) is 19.6 Å². The molecule has 8 heteroatoms. The van der Waals surface area contributed by atoms with Gasteiger partial charge in [0.25, 0.3) is 5.91 Å². The normalized spacial score (nSPS) is 16.6. The van der Waals surface area contributed by atoms with Crippen LogP contribution in [0.5, 0.6) is 0 Å². The van der Waals surface area contributed by atoms with Gasteiger partial charge in [-0.05, 0) is 25.5 Å². The molecule has 1 aliphatic heterocycles. The molecule has 0 bridgehead atoms. The quantitative estimate of drug-likeness (QED) is 0.623. The molecule has 4 N–H and O–H groups in total. The maximum Gasteiger partial charge on any atom is 0.272 e. The molecule has 2 aromatic rings. The smallest absolute Gasteiger partial charge is 0.272 e. The fourth-order valence-corrected chi connectivity index (χ4v) is 2.77. The van der Waals surface area contributed by atoms with Gasteiger partial charge in [0, 0.05) is 30.9 Å². The summed E-state index contributed by atoms with van der Waals surface area (Å²) in [5.41, 5.74) is 1.18. The van der Waals surface area contributed by atoms with Crippen LogP contribution in [0.25, 0.3) is 10.9 Å². The van der Waals surface area contributed by atoms with Crippen molar-refractivity contribution < 1.29 is 9.59 Å². The lowest BCUT2D eigenvalue weighted by atomic mass is 10.2. The molecule has 130 valence electrons. The lowest BCUT2D eigenvalue weighted by Crippen LogP contribution is -2.38. The number of hydrogen-bond acceptors (Lipinski definition) is 4. The van der Waals surface area contributed by atoms with Gasteiger partial charge in [-0.1, -0.05) is 18.2 Å². The molecule has 1 aromatic heterocycles. The Bertz CT molecular complexity index is 697. The highest BCUT2D eigenvalue weighted by Crippen LogP contribution is 2.14. The second kappa shape index (κ2) is 8.65. The van der Waals surface area contributed by atoms with Crippen LogP contribution in [0.4, 0.5) is 0 Å². The molecule has 1 atom stereocenters. The predicted molar refractivity (Wildman–Crippen MR) is 94.3 cm³/mol. The van der Waals surface area contributed by atoms with Crippen LogP contribution in [-0.4, -0.2) is 47.7 Å². The second-order valence-corrected chi connectivity index (χ2v) is 5.72. The molecule has 0 spiro atoms. The molecule has 1 unspecified atom stereocenters. The number of rotatable bonds is 6. The molecule has 24 heavy (non-hydrogen) atoms. The number of nitrogens with one attached hydrogen (secondary N) is 4. The van der Waals surface area contributed by atoms with Gasteiger partial charge in [0.1, 0.15) is 0 Å². The maximum absolute atomic E-state index is 12.1. The van der Waals surface area contributed by atoms with Crippen LogP contribution in [0, 0.1) is 0 Å². The zero-order chi connectivity index (χ0) is 16.1. The van der Waals surface area contributed by atoms with Gasteiger partial charge in [-0.15, -0.1) is 12.4 Å². The van der Waals surface area contributed by atoms with E-state index in [0.717, 1.165) is 30.3 Å². The van der Waals surface area contributed by atoms with Crippen molar-refractivity contribution in [3.05, 3.63) is 30.0 Å². The van der Waals surface area contributed by atoms with E-state index in [0.29, 0.717) is 24.8 Å². The van der Waals surface area contributed by atoms with Gasteiger partial charge in [0.05, 0.1) is 5.52 Å². The Hall–Kier alpha value is -2.12. The van der Waals surface area contributed by atoms with E-state index >= 15 is 0 Å². The van der Waals surface area contributed by atoms with Gasteiger partial charge < -0.3 is 16.0 Å². The number of aromatic nitrogens is 2. The zero-order valence-corrected chi connectivity index (χ0v) is 14.1. The number of benzene rings is 1. The minimum absolute atomic E-state index is 0. The number of carbonyl (C=O) groups is 2. The second-order valence-electron chi connectivity index (χ2n) is 5.72. The van der Waals surface area contributed by atoms with Crippen molar-refractivity contribution in [3.63, 3.8) is 0 Å². The van der Waals surface area contributed by atoms with Crippen molar-refractivity contribution in [1.82, 2.24) is 26.1 Å². The minimum Gasteiger partial charge on any atom is -0.354 e. The van der Waals surface area contributed by atoms with Gasteiger partial charge in [-0.3, -0.25) is 14.7 Å². The van der Waals surface area contributed by atoms with E-state index in [1.807, 2.05) is 24.3 Å². The molecule has 2 amide bonds. The maximum atomic E-state index is 12.1. The van der Waals surface area contributed by atoms with E-state index in [4.69, 9.17) is 0 Å². The van der Waals surface area contributed by atoms with Crippen molar-refractivity contribution >= 4 is 35.1 Å². The molecule has 1 aliphatic rings. The average Bonchev–Trinajstić information content (AvgIpc) is 3.22. The Morgan fingerprint density at radius 2 is 2.08 bits per heavy atom. The molecule has 1 fully saturated rings. The number of carbonyl (C=O) groups excluding carboxylic acids is 2. The summed E-state index contributed by atoms with van der Waals surface area (Å²) >= 11 is 0. The first-order chi connectivity index (χ1) is 11.2.